The second-order valence-corrected chi connectivity index (χ2v) is 4.47. The number of nitrogens with two attached hydrogens (primary N) is 1. The first-order valence-corrected chi connectivity index (χ1v) is 5.87. The highest BCUT2D eigenvalue weighted by Gasteiger charge is 2.39. The van der Waals surface area contributed by atoms with Crippen LogP contribution < -0.4 is 5.73 Å². The van der Waals surface area contributed by atoms with Gasteiger partial charge in [-0.1, -0.05) is 48.0 Å². The zero-order chi connectivity index (χ0) is 14.0. The zero-order valence-corrected chi connectivity index (χ0v) is 10.6. The van der Waals surface area contributed by atoms with Crippen molar-refractivity contribution in [2.45, 2.75) is 5.60 Å². The summed E-state index contributed by atoms with van der Waals surface area (Å²) in [6.45, 7) is 0. The smallest absolute Gasteiger partial charge is 0.258 e. The normalized spacial score (nSPS) is 13.8. The van der Waals surface area contributed by atoms with Crippen LogP contribution in [0.4, 0.5) is 4.39 Å². The Kier molecular flexibility index (Phi) is 3.55. The molecule has 0 fully saturated rings. The van der Waals surface area contributed by atoms with E-state index in [2.05, 4.69) is 0 Å². The van der Waals surface area contributed by atoms with Gasteiger partial charge in [0.25, 0.3) is 5.91 Å². The van der Waals surface area contributed by atoms with E-state index >= 15 is 0 Å². The number of rotatable bonds is 3. The summed E-state index contributed by atoms with van der Waals surface area (Å²) >= 11 is 5.90. The number of primary amides is 1. The molecule has 98 valence electrons. The van der Waals surface area contributed by atoms with Crippen molar-refractivity contribution in [3.63, 3.8) is 0 Å². The summed E-state index contributed by atoms with van der Waals surface area (Å²) in [5.41, 5.74) is 3.53. The monoisotopic (exact) mass is 279 g/mol. The van der Waals surface area contributed by atoms with Crippen molar-refractivity contribution in [1.29, 1.82) is 0 Å². The van der Waals surface area contributed by atoms with E-state index in [4.69, 9.17) is 17.3 Å². The molecule has 1 unspecified atom stereocenters. The summed E-state index contributed by atoms with van der Waals surface area (Å²) in [6.07, 6.45) is 0. The van der Waals surface area contributed by atoms with E-state index in [1.54, 1.807) is 30.3 Å². The number of amides is 1. The van der Waals surface area contributed by atoms with Crippen LogP contribution in [0, 0.1) is 5.82 Å². The summed E-state index contributed by atoms with van der Waals surface area (Å²) < 4.78 is 13.1. The molecule has 3 N–H and O–H groups in total. The highest BCUT2D eigenvalue weighted by atomic mass is 35.5. The van der Waals surface area contributed by atoms with Crippen LogP contribution in [0.25, 0.3) is 0 Å². The average molecular weight is 280 g/mol. The number of aliphatic hydroxyl groups is 1. The van der Waals surface area contributed by atoms with Gasteiger partial charge in [0.15, 0.2) is 5.60 Å². The van der Waals surface area contributed by atoms with E-state index < -0.39 is 17.3 Å². The number of hydrogen-bond donors (Lipinski definition) is 2. The molecule has 0 aromatic heterocycles. The molecule has 0 heterocycles. The van der Waals surface area contributed by atoms with E-state index in [0.717, 1.165) is 12.1 Å². The van der Waals surface area contributed by atoms with Gasteiger partial charge in [-0.05, 0) is 17.7 Å². The SMILES string of the molecule is NC(=O)C(O)(c1ccccc1)c1ccc(F)cc1Cl. The van der Waals surface area contributed by atoms with Crippen molar-refractivity contribution in [1.82, 2.24) is 0 Å². The standard InChI is InChI=1S/C14H11ClFNO2/c15-12-8-10(16)6-7-11(12)14(19,13(17)18)9-4-2-1-3-5-9/h1-8,19H,(H2,17,18). The van der Waals surface area contributed by atoms with Gasteiger partial charge in [0.2, 0.25) is 0 Å². The van der Waals surface area contributed by atoms with Crippen LogP contribution in [0.1, 0.15) is 11.1 Å². The topological polar surface area (TPSA) is 63.3 Å². The molecule has 1 amide bonds. The lowest BCUT2D eigenvalue weighted by Gasteiger charge is -2.26. The molecule has 2 rings (SSSR count). The highest BCUT2D eigenvalue weighted by Crippen LogP contribution is 2.34. The molecule has 2 aromatic carbocycles. The molecular formula is C14H11ClFNO2. The lowest BCUT2D eigenvalue weighted by atomic mass is 9.85. The largest absolute Gasteiger partial charge is 0.372 e. The maximum absolute atomic E-state index is 13.1. The predicted octanol–water partition coefficient (Wildman–Crippen LogP) is 2.20. The fraction of sp³-hybridized carbons (Fsp3) is 0.0714. The summed E-state index contributed by atoms with van der Waals surface area (Å²) in [4.78, 5) is 11.7. The first-order valence-electron chi connectivity index (χ1n) is 5.49. The van der Waals surface area contributed by atoms with Crippen LogP contribution in [0.5, 0.6) is 0 Å². The minimum absolute atomic E-state index is 0.0502. The van der Waals surface area contributed by atoms with Crippen molar-refractivity contribution < 1.29 is 14.3 Å². The second-order valence-electron chi connectivity index (χ2n) is 4.06. The third kappa shape index (κ3) is 2.32. The molecule has 3 nitrogen and oxygen atoms in total. The third-order valence-electron chi connectivity index (χ3n) is 2.87. The van der Waals surface area contributed by atoms with Crippen LogP contribution in [-0.2, 0) is 10.4 Å². The van der Waals surface area contributed by atoms with Crippen molar-refractivity contribution >= 4 is 17.5 Å². The Morgan fingerprint density at radius 2 is 1.84 bits per heavy atom. The van der Waals surface area contributed by atoms with Crippen molar-refractivity contribution in [2.24, 2.45) is 5.73 Å². The number of benzene rings is 2. The van der Waals surface area contributed by atoms with Gasteiger partial charge < -0.3 is 10.8 Å². The molecule has 0 saturated heterocycles. The second kappa shape index (κ2) is 4.99. The summed E-state index contributed by atoms with van der Waals surface area (Å²) in [6, 6.07) is 11.5. The molecule has 5 heteroatoms. The molecule has 1 atom stereocenters. The molecule has 19 heavy (non-hydrogen) atoms. The molecule has 0 saturated carbocycles. The number of carbonyl (C=O) groups excluding carboxylic acids is 1. The number of halogens is 2. The number of carbonyl (C=O) groups is 1. The summed E-state index contributed by atoms with van der Waals surface area (Å²) in [5.74, 6) is -1.54. The maximum atomic E-state index is 13.1. The van der Waals surface area contributed by atoms with Gasteiger partial charge in [-0.25, -0.2) is 4.39 Å². The number of hydrogen-bond acceptors (Lipinski definition) is 2. The van der Waals surface area contributed by atoms with Crippen LogP contribution in [0.15, 0.2) is 48.5 Å². The first-order chi connectivity index (χ1) is 8.96. The molecule has 0 aliphatic heterocycles. The van der Waals surface area contributed by atoms with E-state index in [1.807, 2.05) is 0 Å². The molecular weight excluding hydrogens is 269 g/mol. The molecule has 0 spiro atoms. The zero-order valence-electron chi connectivity index (χ0n) is 9.81. The Bertz CT molecular complexity index is 618. The Morgan fingerprint density at radius 1 is 1.21 bits per heavy atom. The van der Waals surface area contributed by atoms with Crippen LogP contribution in [0.3, 0.4) is 0 Å². The fourth-order valence-corrected chi connectivity index (χ4v) is 2.20. The van der Waals surface area contributed by atoms with Crippen molar-refractivity contribution in [2.75, 3.05) is 0 Å². The van der Waals surface area contributed by atoms with Gasteiger partial charge >= 0.3 is 0 Å². The fourth-order valence-electron chi connectivity index (χ4n) is 1.89. The lowest BCUT2D eigenvalue weighted by Crippen LogP contribution is -2.42. The van der Waals surface area contributed by atoms with E-state index in [9.17, 15) is 14.3 Å². The molecule has 0 radical (unpaired) electrons. The molecule has 2 aromatic rings. The predicted molar refractivity (Wildman–Crippen MR) is 70.0 cm³/mol. The van der Waals surface area contributed by atoms with Gasteiger partial charge in [0.05, 0.1) is 5.02 Å². The lowest BCUT2D eigenvalue weighted by molar-refractivity contribution is -0.133. The maximum Gasteiger partial charge on any atom is 0.258 e. The van der Waals surface area contributed by atoms with E-state index in [-0.39, 0.29) is 16.1 Å². The van der Waals surface area contributed by atoms with Crippen molar-refractivity contribution in [3.05, 3.63) is 70.5 Å². The molecule has 0 aliphatic carbocycles. The average Bonchev–Trinajstić information content (AvgIpc) is 2.38. The van der Waals surface area contributed by atoms with E-state index in [1.165, 1.54) is 6.07 Å². The minimum atomic E-state index is -2.09. The Hall–Kier alpha value is -1.91. The quantitative estimate of drug-likeness (QED) is 0.905. The van der Waals surface area contributed by atoms with Crippen LogP contribution in [0.2, 0.25) is 5.02 Å². The van der Waals surface area contributed by atoms with Gasteiger partial charge in [-0.3, -0.25) is 4.79 Å². The Labute approximate surface area is 114 Å². The minimum Gasteiger partial charge on any atom is -0.372 e. The third-order valence-corrected chi connectivity index (χ3v) is 3.18. The van der Waals surface area contributed by atoms with Gasteiger partial charge in [-0.2, -0.15) is 0 Å². The van der Waals surface area contributed by atoms with Crippen LogP contribution >= 0.6 is 11.6 Å². The first kappa shape index (κ1) is 13.5. The van der Waals surface area contributed by atoms with Crippen LogP contribution in [-0.4, -0.2) is 11.0 Å². The van der Waals surface area contributed by atoms with E-state index in [0.29, 0.717) is 0 Å². The van der Waals surface area contributed by atoms with Crippen molar-refractivity contribution in [3.8, 4) is 0 Å². The van der Waals surface area contributed by atoms with Gasteiger partial charge in [0, 0.05) is 5.56 Å². The van der Waals surface area contributed by atoms with Gasteiger partial charge in [0.1, 0.15) is 5.82 Å². The van der Waals surface area contributed by atoms with Gasteiger partial charge in [-0.15, -0.1) is 0 Å². The molecule has 0 bridgehead atoms. The summed E-state index contributed by atoms with van der Waals surface area (Å²) in [5, 5.41) is 10.6. The Morgan fingerprint density at radius 3 is 2.37 bits per heavy atom. The summed E-state index contributed by atoms with van der Waals surface area (Å²) in [7, 11) is 0. The Balaban J connectivity index is 2.67. The molecule has 0 aliphatic rings. The highest BCUT2D eigenvalue weighted by molar-refractivity contribution is 6.31.